The Hall–Kier alpha value is -0.120. The van der Waals surface area contributed by atoms with Crippen molar-refractivity contribution in [1.82, 2.24) is 4.90 Å². The van der Waals surface area contributed by atoms with E-state index in [1.807, 2.05) is 25.8 Å². The van der Waals surface area contributed by atoms with Crippen molar-refractivity contribution >= 4 is 0 Å². The van der Waals surface area contributed by atoms with E-state index in [9.17, 15) is 0 Å². The summed E-state index contributed by atoms with van der Waals surface area (Å²) in [6, 6.07) is 0.417. The number of methoxy groups -OCH3 is 1. The van der Waals surface area contributed by atoms with Crippen molar-refractivity contribution in [3.05, 3.63) is 0 Å². The molecule has 0 heterocycles. The van der Waals surface area contributed by atoms with Crippen molar-refractivity contribution in [2.45, 2.75) is 26.8 Å². The van der Waals surface area contributed by atoms with E-state index in [0.717, 1.165) is 6.61 Å². The second kappa shape index (κ2) is 9.88. The quantitative estimate of drug-likeness (QED) is 0.624. The lowest BCUT2D eigenvalue weighted by Gasteiger charge is -2.21. The maximum absolute atomic E-state index is 5.37. The number of likely N-dealkylation sites (N-methyl/N-ethyl adjacent to an activating group) is 1. The molecule has 3 nitrogen and oxygen atoms in total. The number of hydrogen-bond donors (Lipinski definition) is 1. The van der Waals surface area contributed by atoms with Gasteiger partial charge in [-0.15, -0.1) is 0 Å². The molecule has 0 rings (SSSR count). The maximum Gasteiger partial charge on any atom is 0.0615 e. The van der Waals surface area contributed by atoms with Crippen molar-refractivity contribution in [2.75, 3.05) is 27.4 Å². The van der Waals surface area contributed by atoms with Crippen molar-refractivity contribution < 1.29 is 4.74 Å². The van der Waals surface area contributed by atoms with Crippen LogP contribution in [-0.4, -0.2) is 38.4 Å². The summed E-state index contributed by atoms with van der Waals surface area (Å²) in [7, 11) is 3.67. The Labute approximate surface area is 70.5 Å². The van der Waals surface area contributed by atoms with Crippen molar-refractivity contribution in [3.8, 4) is 0 Å². The Morgan fingerprint density at radius 1 is 1.45 bits per heavy atom. The molecule has 0 aliphatic heterocycles. The van der Waals surface area contributed by atoms with Gasteiger partial charge < -0.3 is 10.5 Å². The monoisotopic (exact) mass is 162 g/mol. The molecule has 0 aromatic carbocycles. The van der Waals surface area contributed by atoms with Crippen molar-refractivity contribution in [1.29, 1.82) is 0 Å². The molecule has 1 unspecified atom stereocenters. The smallest absolute Gasteiger partial charge is 0.0615 e. The Morgan fingerprint density at radius 2 is 1.91 bits per heavy atom. The van der Waals surface area contributed by atoms with Crippen LogP contribution in [0.2, 0.25) is 0 Å². The fraction of sp³-hybridized carbons (Fsp3) is 1.00. The number of nitrogens with zero attached hydrogens (tertiary/aromatic N) is 1. The van der Waals surface area contributed by atoms with Gasteiger partial charge in [0.25, 0.3) is 0 Å². The van der Waals surface area contributed by atoms with Crippen LogP contribution in [0, 0.1) is 0 Å². The highest BCUT2D eigenvalue weighted by Crippen LogP contribution is 1.91. The standard InChI is InChI=1S/C6H16N2O.C2H6/c1-6(4-9-3)8(2)5-7;1-2/h6H,4-5,7H2,1-3H3;1-2H3. The van der Waals surface area contributed by atoms with Gasteiger partial charge in [-0.05, 0) is 14.0 Å². The molecule has 0 amide bonds. The third kappa shape index (κ3) is 7.78. The maximum atomic E-state index is 5.37. The average Bonchev–Trinajstić information content (AvgIpc) is 2.07. The molecule has 3 heteroatoms. The summed E-state index contributed by atoms with van der Waals surface area (Å²) in [6.07, 6.45) is 0. The van der Waals surface area contributed by atoms with Crippen molar-refractivity contribution in [3.63, 3.8) is 0 Å². The predicted octanol–water partition coefficient (Wildman–Crippen LogP) is 0.895. The van der Waals surface area contributed by atoms with Crippen LogP contribution in [0.25, 0.3) is 0 Å². The van der Waals surface area contributed by atoms with Crippen LogP contribution in [0.4, 0.5) is 0 Å². The van der Waals surface area contributed by atoms with Crippen LogP contribution in [0.1, 0.15) is 20.8 Å². The summed E-state index contributed by atoms with van der Waals surface area (Å²) in [5.41, 5.74) is 5.37. The lowest BCUT2D eigenvalue weighted by molar-refractivity contribution is 0.117. The van der Waals surface area contributed by atoms with Crippen LogP contribution in [0.3, 0.4) is 0 Å². The van der Waals surface area contributed by atoms with E-state index in [1.54, 1.807) is 7.11 Å². The Morgan fingerprint density at radius 3 is 2.18 bits per heavy atom. The predicted molar refractivity (Wildman–Crippen MR) is 49.5 cm³/mol. The molecule has 0 aromatic rings. The average molecular weight is 162 g/mol. The molecular weight excluding hydrogens is 140 g/mol. The van der Waals surface area contributed by atoms with E-state index in [0.29, 0.717) is 12.7 Å². The molecule has 2 N–H and O–H groups in total. The molecule has 0 radical (unpaired) electrons. The lowest BCUT2D eigenvalue weighted by Crippen LogP contribution is -2.36. The lowest BCUT2D eigenvalue weighted by atomic mass is 10.3. The SMILES string of the molecule is CC.COCC(C)N(C)CN. The molecule has 0 bridgehead atoms. The molecule has 70 valence electrons. The molecule has 0 spiro atoms. The van der Waals surface area contributed by atoms with E-state index in [-0.39, 0.29) is 0 Å². The summed E-state index contributed by atoms with van der Waals surface area (Å²) in [5.74, 6) is 0. The minimum Gasteiger partial charge on any atom is -0.383 e. The third-order valence-electron chi connectivity index (χ3n) is 1.45. The first-order chi connectivity index (χ1) is 5.22. The molecule has 11 heavy (non-hydrogen) atoms. The fourth-order valence-corrected chi connectivity index (χ4v) is 0.548. The van der Waals surface area contributed by atoms with Crippen LogP contribution in [-0.2, 0) is 4.74 Å². The fourth-order valence-electron chi connectivity index (χ4n) is 0.548. The van der Waals surface area contributed by atoms with Gasteiger partial charge in [-0.3, -0.25) is 4.90 Å². The minimum absolute atomic E-state index is 0.417. The van der Waals surface area contributed by atoms with Gasteiger partial charge in [-0.1, -0.05) is 13.8 Å². The highest BCUT2D eigenvalue weighted by molar-refractivity contribution is 4.58. The van der Waals surface area contributed by atoms with E-state index >= 15 is 0 Å². The molecule has 0 saturated carbocycles. The van der Waals surface area contributed by atoms with Gasteiger partial charge >= 0.3 is 0 Å². The van der Waals surface area contributed by atoms with Gasteiger partial charge in [0.2, 0.25) is 0 Å². The Kier molecular flexibility index (Phi) is 12.1. The normalized spacial score (nSPS) is 12.3. The molecule has 0 aliphatic rings. The zero-order valence-corrected chi connectivity index (χ0v) is 8.42. The summed E-state index contributed by atoms with van der Waals surface area (Å²) >= 11 is 0. The Balaban J connectivity index is 0. The highest BCUT2D eigenvalue weighted by atomic mass is 16.5. The zero-order chi connectivity index (χ0) is 9.28. The molecule has 0 aliphatic carbocycles. The second-order valence-electron chi connectivity index (χ2n) is 2.24. The number of rotatable bonds is 4. The van der Waals surface area contributed by atoms with Crippen molar-refractivity contribution in [2.24, 2.45) is 5.73 Å². The molecule has 1 atom stereocenters. The molecular formula is C8H22N2O. The summed E-state index contributed by atoms with van der Waals surface area (Å²) in [4.78, 5) is 2.03. The van der Waals surface area contributed by atoms with Crippen LogP contribution >= 0.6 is 0 Å². The zero-order valence-electron chi connectivity index (χ0n) is 8.42. The van der Waals surface area contributed by atoms with Crippen LogP contribution < -0.4 is 5.73 Å². The van der Waals surface area contributed by atoms with Gasteiger partial charge in [0.15, 0.2) is 0 Å². The summed E-state index contributed by atoms with van der Waals surface area (Å²) in [6.45, 7) is 7.41. The number of hydrogen-bond acceptors (Lipinski definition) is 3. The first kappa shape index (κ1) is 13.5. The van der Waals surface area contributed by atoms with Gasteiger partial charge in [-0.2, -0.15) is 0 Å². The van der Waals surface area contributed by atoms with Gasteiger partial charge in [-0.25, -0.2) is 0 Å². The van der Waals surface area contributed by atoms with Crippen LogP contribution in [0.5, 0.6) is 0 Å². The number of nitrogens with two attached hydrogens (primary N) is 1. The first-order valence-corrected chi connectivity index (χ1v) is 4.11. The highest BCUT2D eigenvalue weighted by Gasteiger charge is 2.04. The molecule has 0 aromatic heterocycles. The van der Waals surface area contributed by atoms with E-state index in [4.69, 9.17) is 10.5 Å². The van der Waals surface area contributed by atoms with Gasteiger partial charge in [0, 0.05) is 19.8 Å². The molecule has 0 saturated heterocycles. The summed E-state index contributed by atoms with van der Waals surface area (Å²) in [5, 5.41) is 0. The Bertz CT molecular complexity index is 69.1. The van der Waals surface area contributed by atoms with E-state index in [2.05, 4.69) is 6.92 Å². The largest absolute Gasteiger partial charge is 0.383 e. The second-order valence-corrected chi connectivity index (χ2v) is 2.24. The first-order valence-electron chi connectivity index (χ1n) is 4.11. The van der Waals surface area contributed by atoms with Gasteiger partial charge in [0.1, 0.15) is 0 Å². The minimum atomic E-state index is 0.417. The van der Waals surface area contributed by atoms with E-state index < -0.39 is 0 Å². The topological polar surface area (TPSA) is 38.5 Å². The van der Waals surface area contributed by atoms with E-state index in [1.165, 1.54) is 0 Å². The number of ether oxygens (including phenoxy) is 1. The van der Waals surface area contributed by atoms with Crippen LogP contribution in [0.15, 0.2) is 0 Å². The third-order valence-corrected chi connectivity index (χ3v) is 1.45. The molecule has 0 fully saturated rings. The summed E-state index contributed by atoms with van der Waals surface area (Å²) < 4.78 is 4.93. The van der Waals surface area contributed by atoms with Gasteiger partial charge in [0.05, 0.1) is 6.61 Å².